The molecule has 2 unspecified atom stereocenters. The number of pyridine rings is 1. The Balaban J connectivity index is 1.72. The second-order valence-corrected chi connectivity index (χ2v) is 7.21. The highest BCUT2D eigenvalue weighted by Crippen LogP contribution is 2.48. The second kappa shape index (κ2) is 6.15. The lowest BCUT2D eigenvalue weighted by Gasteiger charge is -2.54. The van der Waals surface area contributed by atoms with E-state index in [2.05, 4.69) is 37.9 Å². The van der Waals surface area contributed by atoms with Crippen LogP contribution in [0.15, 0.2) is 54.9 Å². The minimum atomic E-state index is 0.118. The van der Waals surface area contributed by atoms with Crippen molar-refractivity contribution in [2.24, 2.45) is 5.41 Å². The van der Waals surface area contributed by atoms with Crippen LogP contribution in [-0.2, 0) is 4.79 Å². The maximum absolute atomic E-state index is 12.8. The number of nitrogens with zero attached hydrogens (tertiary/aromatic N) is 2. The van der Waals surface area contributed by atoms with Crippen molar-refractivity contribution in [2.45, 2.75) is 39.2 Å². The molecule has 0 radical (unpaired) electrons. The Kier molecular flexibility index (Phi) is 4.20. The van der Waals surface area contributed by atoms with Crippen molar-refractivity contribution in [3.8, 4) is 0 Å². The van der Waals surface area contributed by atoms with Gasteiger partial charge in [0.05, 0.1) is 6.04 Å². The molecule has 0 aliphatic carbocycles. The zero-order valence-electron chi connectivity index (χ0n) is 14.1. The van der Waals surface area contributed by atoms with Gasteiger partial charge in [-0.1, -0.05) is 51.1 Å². The first-order valence-corrected chi connectivity index (χ1v) is 8.23. The Morgan fingerprint density at radius 3 is 2.48 bits per heavy atom. The number of amides is 1. The van der Waals surface area contributed by atoms with E-state index in [4.69, 9.17) is 0 Å². The number of rotatable bonds is 4. The minimum absolute atomic E-state index is 0.118. The Hall–Kier alpha value is -2.16. The van der Waals surface area contributed by atoms with E-state index in [0.717, 1.165) is 6.54 Å². The van der Waals surface area contributed by atoms with Crippen LogP contribution in [0.3, 0.4) is 0 Å². The van der Waals surface area contributed by atoms with Gasteiger partial charge in [0.2, 0.25) is 5.91 Å². The first kappa shape index (κ1) is 15.7. The summed E-state index contributed by atoms with van der Waals surface area (Å²) >= 11 is 0. The molecule has 2 aromatic rings. The molecule has 1 saturated heterocycles. The van der Waals surface area contributed by atoms with Crippen molar-refractivity contribution in [3.63, 3.8) is 0 Å². The molecule has 2 atom stereocenters. The molecule has 2 heterocycles. The molecule has 1 aliphatic rings. The molecule has 120 valence electrons. The zero-order chi connectivity index (χ0) is 16.4. The summed E-state index contributed by atoms with van der Waals surface area (Å²) in [6, 6.07) is 14.5. The molecule has 1 aromatic carbocycles. The fraction of sp³-hybridized carbons (Fsp3) is 0.400. The number of carbonyl (C=O) groups is 1. The van der Waals surface area contributed by atoms with Gasteiger partial charge in [-0.2, -0.15) is 0 Å². The van der Waals surface area contributed by atoms with Gasteiger partial charge >= 0.3 is 0 Å². The Morgan fingerprint density at radius 1 is 1.22 bits per heavy atom. The van der Waals surface area contributed by atoms with Gasteiger partial charge < -0.3 is 4.90 Å². The molecule has 1 fully saturated rings. The van der Waals surface area contributed by atoms with Crippen LogP contribution >= 0.6 is 0 Å². The van der Waals surface area contributed by atoms with Crippen LogP contribution in [0, 0.1) is 5.41 Å². The largest absolute Gasteiger partial charge is 0.334 e. The SMILES string of the molecule is CC(CC(=O)N1CC(C)(C)C1c1ccncc1)c1ccccc1. The molecule has 0 saturated carbocycles. The first-order valence-electron chi connectivity index (χ1n) is 8.23. The van der Waals surface area contributed by atoms with Crippen LogP contribution < -0.4 is 0 Å². The molecule has 1 aromatic heterocycles. The fourth-order valence-corrected chi connectivity index (χ4v) is 3.61. The smallest absolute Gasteiger partial charge is 0.223 e. The van der Waals surface area contributed by atoms with Gasteiger partial charge in [0.15, 0.2) is 0 Å². The predicted octanol–water partition coefficient (Wildman–Crippen LogP) is 4.18. The van der Waals surface area contributed by atoms with E-state index < -0.39 is 0 Å². The standard InChI is InChI=1S/C20H24N2O/c1-15(16-7-5-4-6-8-16)13-18(23)22-14-20(2,3)19(22)17-9-11-21-12-10-17/h4-12,15,19H,13-14H2,1-3H3. The third-order valence-electron chi connectivity index (χ3n) is 4.82. The summed E-state index contributed by atoms with van der Waals surface area (Å²) in [5, 5.41) is 0. The van der Waals surface area contributed by atoms with Gasteiger partial charge in [0, 0.05) is 30.8 Å². The van der Waals surface area contributed by atoms with Gasteiger partial charge in [0.25, 0.3) is 0 Å². The lowest BCUT2D eigenvalue weighted by Crippen LogP contribution is -2.58. The number of benzene rings is 1. The van der Waals surface area contributed by atoms with Crippen molar-refractivity contribution < 1.29 is 4.79 Å². The summed E-state index contributed by atoms with van der Waals surface area (Å²) in [5.74, 6) is 0.480. The predicted molar refractivity (Wildman–Crippen MR) is 91.9 cm³/mol. The highest BCUT2D eigenvalue weighted by molar-refractivity contribution is 5.79. The topological polar surface area (TPSA) is 33.2 Å². The van der Waals surface area contributed by atoms with E-state index in [1.165, 1.54) is 11.1 Å². The van der Waals surface area contributed by atoms with Gasteiger partial charge in [0.1, 0.15) is 0 Å². The van der Waals surface area contributed by atoms with Crippen LogP contribution in [0.1, 0.15) is 50.3 Å². The van der Waals surface area contributed by atoms with Crippen LogP contribution in [-0.4, -0.2) is 22.3 Å². The van der Waals surface area contributed by atoms with E-state index >= 15 is 0 Å². The highest BCUT2D eigenvalue weighted by atomic mass is 16.2. The molecular formula is C20H24N2O. The average Bonchev–Trinajstić information content (AvgIpc) is 2.54. The van der Waals surface area contributed by atoms with Gasteiger partial charge in [-0.25, -0.2) is 0 Å². The zero-order valence-corrected chi connectivity index (χ0v) is 14.1. The van der Waals surface area contributed by atoms with Crippen LogP contribution in [0.5, 0.6) is 0 Å². The maximum Gasteiger partial charge on any atom is 0.223 e. The number of hydrogen-bond acceptors (Lipinski definition) is 2. The summed E-state index contributed by atoms with van der Waals surface area (Å²) in [7, 11) is 0. The third kappa shape index (κ3) is 3.14. The molecule has 3 heteroatoms. The quantitative estimate of drug-likeness (QED) is 0.848. The summed E-state index contributed by atoms with van der Waals surface area (Å²) in [4.78, 5) is 18.9. The summed E-state index contributed by atoms with van der Waals surface area (Å²) in [6.45, 7) is 7.39. The van der Waals surface area contributed by atoms with E-state index in [1.54, 1.807) is 12.4 Å². The van der Waals surface area contributed by atoms with Crippen molar-refractivity contribution in [1.29, 1.82) is 0 Å². The van der Waals surface area contributed by atoms with Crippen molar-refractivity contribution >= 4 is 5.91 Å². The summed E-state index contributed by atoms with van der Waals surface area (Å²) in [5.41, 5.74) is 2.52. The van der Waals surface area contributed by atoms with Gasteiger partial charge in [-0.15, -0.1) is 0 Å². The molecule has 1 aliphatic heterocycles. The first-order chi connectivity index (χ1) is 11.0. The molecule has 23 heavy (non-hydrogen) atoms. The van der Waals surface area contributed by atoms with Crippen LogP contribution in [0.25, 0.3) is 0 Å². The minimum Gasteiger partial charge on any atom is -0.334 e. The highest BCUT2D eigenvalue weighted by Gasteiger charge is 2.48. The molecule has 0 N–H and O–H groups in total. The normalized spacial score (nSPS) is 20.7. The summed E-state index contributed by atoms with van der Waals surface area (Å²) < 4.78 is 0. The van der Waals surface area contributed by atoms with Gasteiger partial charge in [-0.05, 0) is 29.2 Å². The third-order valence-corrected chi connectivity index (χ3v) is 4.82. The second-order valence-electron chi connectivity index (χ2n) is 7.21. The van der Waals surface area contributed by atoms with Crippen molar-refractivity contribution in [2.75, 3.05) is 6.54 Å². The average molecular weight is 308 g/mol. The molecule has 0 spiro atoms. The van der Waals surface area contributed by atoms with E-state index in [0.29, 0.717) is 6.42 Å². The lowest BCUT2D eigenvalue weighted by atomic mass is 9.71. The molecule has 3 rings (SSSR count). The Bertz CT molecular complexity index is 667. The fourth-order valence-electron chi connectivity index (χ4n) is 3.61. The number of carbonyl (C=O) groups excluding carboxylic acids is 1. The number of hydrogen-bond donors (Lipinski definition) is 0. The van der Waals surface area contributed by atoms with Gasteiger partial charge in [-0.3, -0.25) is 9.78 Å². The van der Waals surface area contributed by atoms with E-state index in [9.17, 15) is 4.79 Å². The number of likely N-dealkylation sites (tertiary alicyclic amines) is 1. The monoisotopic (exact) mass is 308 g/mol. The molecular weight excluding hydrogens is 284 g/mol. The van der Waals surface area contributed by atoms with E-state index in [1.807, 2.05) is 35.2 Å². The lowest BCUT2D eigenvalue weighted by molar-refractivity contribution is -0.152. The van der Waals surface area contributed by atoms with Crippen molar-refractivity contribution in [3.05, 3.63) is 66.0 Å². The van der Waals surface area contributed by atoms with E-state index in [-0.39, 0.29) is 23.3 Å². The van der Waals surface area contributed by atoms with Crippen molar-refractivity contribution in [1.82, 2.24) is 9.88 Å². The Labute approximate surface area is 138 Å². The summed E-state index contributed by atoms with van der Waals surface area (Å²) in [6.07, 6.45) is 4.17. The maximum atomic E-state index is 12.8. The molecule has 0 bridgehead atoms. The van der Waals surface area contributed by atoms with Crippen LogP contribution in [0.4, 0.5) is 0 Å². The molecule has 1 amide bonds. The molecule has 3 nitrogen and oxygen atoms in total. The Morgan fingerprint density at radius 2 is 1.87 bits per heavy atom. The number of aromatic nitrogens is 1. The van der Waals surface area contributed by atoms with Crippen LogP contribution in [0.2, 0.25) is 0 Å².